The van der Waals surface area contributed by atoms with Crippen LogP contribution in [0.4, 0.5) is 0 Å². The van der Waals surface area contributed by atoms with Gasteiger partial charge < -0.3 is 5.11 Å². The normalized spacial score (nSPS) is 26.8. The van der Waals surface area contributed by atoms with Gasteiger partial charge in [0.2, 0.25) is 0 Å². The van der Waals surface area contributed by atoms with E-state index in [1.807, 2.05) is 18.2 Å². The third kappa shape index (κ3) is 3.21. The summed E-state index contributed by atoms with van der Waals surface area (Å²) >= 11 is 0. The van der Waals surface area contributed by atoms with E-state index in [2.05, 4.69) is 24.3 Å². The number of aliphatic hydroxyl groups is 1. The quantitative estimate of drug-likeness (QED) is 0.748. The van der Waals surface area contributed by atoms with Crippen LogP contribution in [0.25, 0.3) is 6.08 Å². The number of aliphatic hydroxyl groups excluding tert-OH is 1. The molecule has 0 saturated heterocycles. The summed E-state index contributed by atoms with van der Waals surface area (Å²) in [5.74, 6) is 0.350. The van der Waals surface area contributed by atoms with Crippen molar-refractivity contribution in [2.45, 2.75) is 38.2 Å². The molecule has 1 aliphatic carbocycles. The second kappa shape index (κ2) is 5.86. The van der Waals surface area contributed by atoms with Gasteiger partial charge in [0.15, 0.2) is 0 Å². The largest absolute Gasteiger partial charge is 0.393 e. The summed E-state index contributed by atoms with van der Waals surface area (Å²) in [6.45, 7) is 0. The van der Waals surface area contributed by atoms with E-state index < -0.39 is 0 Å². The first kappa shape index (κ1) is 11.4. The molecular formula is C15H20O. The summed E-state index contributed by atoms with van der Waals surface area (Å²) in [7, 11) is 0. The number of benzene rings is 1. The molecule has 0 radical (unpaired) electrons. The van der Waals surface area contributed by atoms with Crippen LogP contribution in [0, 0.1) is 5.92 Å². The first-order valence-corrected chi connectivity index (χ1v) is 6.27. The maximum atomic E-state index is 9.98. The van der Waals surface area contributed by atoms with Crippen LogP contribution in [0.1, 0.15) is 37.7 Å². The lowest BCUT2D eigenvalue weighted by atomic mass is 9.96. The molecule has 0 bridgehead atoms. The predicted octanol–water partition coefficient (Wildman–Crippen LogP) is 3.64. The molecule has 2 rings (SSSR count). The van der Waals surface area contributed by atoms with Gasteiger partial charge in [0.25, 0.3) is 0 Å². The molecule has 1 aliphatic rings. The molecule has 16 heavy (non-hydrogen) atoms. The zero-order valence-electron chi connectivity index (χ0n) is 9.68. The fourth-order valence-corrected chi connectivity index (χ4v) is 2.34. The molecule has 2 atom stereocenters. The lowest BCUT2D eigenvalue weighted by molar-refractivity contribution is 0.123. The zero-order chi connectivity index (χ0) is 11.2. The van der Waals surface area contributed by atoms with Crippen molar-refractivity contribution in [2.24, 2.45) is 5.92 Å². The first-order chi connectivity index (χ1) is 7.86. The van der Waals surface area contributed by atoms with Crippen LogP contribution >= 0.6 is 0 Å². The lowest BCUT2D eigenvalue weighted by Gasteiger charge is -2.15. The smallest absolute Gasteiger partial charge is 0.0602 e. The maximum absolute atomic E-state index is 9.98. The van der Waals surface area contributed by atoms with Crippen LogP contribution in [0.5, 0.6) is 0 Å². The second-order valence-electron chi connectivity index (χ2n) is 4.64. The summed E-state index contributed by atoms with van der Waals surface area (Å²) in [5.41, 5.74) is 1.22. The molecular weight excluding hydrogens is 196 g/mol. The number of hydrogen-bond donors (Lipinski definition) is 1. The van der Waals surface area contributed by atoms with E-state index in [0.717, 1.165) is 12.8 Å². The summed E-state index contributed by atoms with van der Waals surface area (Å²) in [6, 6.07) is 10.3. The van der Waals surface area contributed by atoms with E-state index in [4.69, 9.17) is 0 Å². The molecule has 1 aromatic carbocycles. The Hall–Kier alpha value is -1.08. The highest BCUT2D eigenvalue weighted by atomic mass is 16.3. The van der Waals surface area contributed by atoms with Gasteiger partial charge in [0, 0.05) is 5.92 Å². The van der Waals surface area contributed by atoms with Crippen molar-refractivity contribution < 1.29 is 5.11 Å². The van der Waals surface area contributed by atoms with E-state index >= 15 is 0 Å². The van der Waals surface area contributed by atoms with Crippen molar-refractivity contribution in [1.82, 2.24) is 0 Å². The van der Waals surface area contributed by atoms with Gasteiger partial charge in [-0.3, -0.25) is 0 Å². The zero-order valence-corrected chi connectivity index (χ0v) is 9.68. The Morgan fingerprint density at radius 2 is 1.75 bits per heavy atom. The molecule has 1 heteroatoms. The SMILES string of the molecule is O[C@@H]1CCCCC[C@H]1/C=C/c1ccccc1. The fraction of sp³-hybridized carbons (Fsp3) is 0.467. The van der Waals surface area contributed by atoms with Crippen LogP contribution in [0.15, 0.2) is 36.4 Å². The molecule has 1 fully saturated rings. The predicted molar refractivity (Wildman–Crippen MR) is 68.1 cm³/mol. The fourth-order valence-electron chi connectivity index (χ4n) is 2.34. The molecule has 1 nitrogen and oxygen atoms in total. The minimum Gasteiger partial charge on any atom is -0.393 e. The van der Waals surface area contributed by atoms with Gasteiger partial charge in [0.05, 0.1) is 6.10 Å². The Balaban J connectivity index is 1.99. The minimum absolute atomic E-state index is 0.137. The molecule has 0 amide bonds. The Morgan fingerprint density at radius 1 is 1.00 bits per heavy atom. The monoisotopic (exact) mass is 216 g/mol. The average molecular weight is 216 g/mol. The Morgan fingerprint density at radius 3 is 2.56 bits per heavy atom. The van der Waals surface area contributed by atoms with Crippen LogP contribution in [-0.2, 0) is 0 Å². The van der Waals surface area contributed by atoms with E-state index in [1.54, 1.807) is 0 Å². The van der Waals surface area contributed by atoms with Gasteiger partial charge in [-0.15, -0.1) is 0 Å². The van der Waals surface area contributed by atoms with E-state index in [9.17, 15) is 5.11 Å². The standard InChI is InChI=1S/C15H20O/c16-15-10-6-2-5-9-14(15)12-11-13-7-3-1-4-8-13/h1,3-4,7-8,11-12,14-16H,2,5-6,9-10H2/b12-11+/t14-,15+/m0/s1. The van der Waals surface area contributed by atoms with Crippen molar-refractivity contribution in [3.8, 4) is 0 Å². The molecule has 0 aromatic heterocycles. The first-order valence-electron chi connectivity index (χ1n) is 6.27. The van der Waals surface area contributed by atoms with E-state index in [1.165, 1.54) is 24.8 Å². The minimum atomic E-state index is -0.137. The van der Waals surface area contributed by atoms with E-state index in [0.29, 0.717) is 5.92 Å². The van der Waals surface area contributed by atoms with Gasteiger partial charge in [-0.25, -0.2) is 0 Å². The molecule has 0 heterocycles. The molecule has 1 N–H and O–H groups in total. The highest BCUT2D eigenvalue weighted by Crippen LogP contribution is 2.25. The van der Waals surface area contributed by atoms with Crippen LogP contribution in [0.3, 0.4) is 0 Å². The van der Waals surface area contributed by atoms with Gasteiger partial charge >= 0.3 is 0 Å². The molecule has 0 spiro atoms. The third-order valence-electron chi connectivity index (χ3n) is 3.37. The molecule has 1 saturated carbocycles. The van der Waals surface area contributed by atoms with Crippen molar-refractivity contribution in [3.63, 3.8) is 0 Å². The summed E-state index contributed by atoms with van der Waals surface area (Å²) < 4.78 is 0. The average Bonchev–Trinajstić information content (AvgIpc) is 2.53. The van der Waals surface area contributed by atoms with Crippen molar-refractivity contribution in [2.75, 3.05) is 0 Å². The van der Waals surface area contributed by atoms with Crippen molar-refractivity contribution in [3.05, 3.63) is 42.0 Å². The summed E-state index contributed by atoms with van der Waals surface area (Å²) in [6.07, 6.45) is 9.98. The van der Waals surface area contributed by atoms with Crippen LogP contribution in [0.2, 0.25) is 0 Å². The third-order valence-corrected chi connectivity index (χ3v) is 3.37. The summed E-state index contributed by atoms with van der Waals surface area (Å²) in [4.78, 5) is 0. The lowest BCUT2D eigenvalue weighted by Crippen LogP contribution is -2.16. The van der Waals surface area contributed by atoms with Gasteiger partial charge in [-0.1, -0.05) is 61.7 Å². The number of rotatable bonds is 2. The van der Waals surface area contributed by atoms with Gasteiger partial charge in [0.1, 0.15) is 0 Å². The topological polar surface area (TPSA) is 20.2 Å². The number of hydrogen-bond acceptors (Lipinski definition) is 1. The van der Waals surface area contributed by atoms with Crippen molar-refractivity contribution >= 4 is 6.08 Å². The van der Waals surface area contributed by atoms with Crippen molar-refractivity contribution in [1.29, 1.82) is 0 Å². The van der Waals surface area contributed by atoms with E-state index in [-0.39, 0.29) is 6.10 Å². The Kier molecular flexibility index (Phi) is 4.17. The van der Waals surface area contributed by atoms with Gasteiger partial charge in [-0.05, 0) is 18.4 Å². The Labute approximate surface area is 97.8 Å². The van der Waals surface area contributed by atoms with Crippen LogP contribution in [-0.4, -0.2) is 11.2 Å². The van der Waals surface area contributed by atoms with Gasteiger partial charge in [-0.2, -0.15) is 0 Å². The molecule has 0 unspecified atom stereocenters. The maximum Gasteiger partial charge on any atom is 0.0602 e. The molecule has 0 aliphatic heterocycles. The van der Waals surface area contributed by atoms with Crippen LogP contribution < -0.4 is 0 Å². The highest BCUT2D eigenvalue weighted by molar-refractivity contribution is 5.49. The highest BCUT2D eigenvalue weighted by Gasteiger charge is 2.18. The molecule has 86 valence electrons. The summed E-state index contributed by atoms with van der Waals surface area (Å²) in [5, 5.41) is 9.98. The second-order valence-corrected chi connectivity index (χ2v) is 4.64. The Bertz CT molecular complexity index is 329. The molecule has 1 aromatic rings.